The summed E-state index contributed by atoms with van der Waals surface area (Å²) in [5, 5.41) is 10.5. The van der Waals surface area contributed by atoms with Gasteiger partial charge in [-0.3, -0.25) is 9.48 Å². The molecule has 1 atom stereocenters. The molecule has 2 aromatic rings. The minimum atomic E-state index is -0.666. The van der Waals surface area contributed by atoms with Crippen LogP contribution in [0.2, 0.25) is 10.0 Å². The first-order chi connectivity index (χ1) is 13.3. The average molecular weight is 425 g/mol. The van der Waals surface area contributed by atoms with E-state index >= 15 is 0 Å². The zero-order valence-corrected chi connectivity index (χ0v) is 17.2. The van der Waals surface area contributed by atoms with Gasteiger partial charge in [0.1, 0.15) is 6.04 Å². The van der Waals surface area contributed by atoms with Crippen LogP contribution >= 0.6 is 23.2 Å². The van der Waals surface area contributed by atoms with Gasteiger partial charge >= 0.3 is 6.03 Å². The smallest absolute Gasteiger partial charge is 0.318 e. The summed E-state index contributed by atoms with van der Waals surface area (Å²) in [7, 11) is 1.76. The molecule has 10 heteroatoms. The van der Waals surface area contributed by atoms with Crippen molar-refractivity contribution >= 4 is 46.5 Å². The Morgan fingerprint density at radius 1 is 1.14 bits per heavy atom. The molecule has 3 amide bonds. The van der Waals surface area contributed by atoms with E-state index in [0.29, 0.717) is 41.9 Å². The predicted octanol–water partition coefficient (Wildman–Crippen LogP) is 2.59. The second-order valence-electron chi connectivity index (χ2n) is 6.64. The number of piperazine rings is 1. The Bertz CT molecular complexity index is 864. The van der Waals surface area contributed by atoms with Crippen molar-refractivity contribution in [1.29, 1.82) is 0 Å². The van der Waals surface area contributed by atoms with Crippen molar-refractivity contribution in [1.82, 2.24) is 20.0 Å². The highest BCUT2D eigenvalue weighted by atomic mass is 35.5. The number of halogens is 2. The highest BCUT2D eigenvalue weighted by Crippen LogP contribution is 2.27. The normalized spacial score (nSPS) is 15.3. The zero-order chi connectivity index (χ0) is 20.3. The Labute approximate surface area is 173 Å². The fourth-order valence-electron chi connectivity index (χ4n) is 2.93. The molecule has 1 fully saturated rings. The Morgan fingerprint density at radius 2 is 1.86 bits per heavy atom. The fourth-order valence-corrected chi connectivity index (χ4v) is 3.22. The molecule has 0 spiro atoms. The maximum atomic E-state index is 12.5. The Balaban J connectivity index is 1.49. The second-order valence-corrected chi connectivity index (χ2v) is 7.45. The Morgan fingerprint density at radius 3 is 2.46 bits per heavy atom. The maximum absolute atomic E-state index is 12.5. The average Bonchev–Trinajstić information content (AvgIpc) is 3.08. The van der Waals surface area contributed by atoms with E-state index in [4.69, 9.17) is 23.2 Å². The van der Waals surface area contributed by atoms with Crippen molar-refractivity contribution in [2.24, 2.45) is 7.05 Å². The van der Waals surface area contributed by atoms with Crippen LogP contribution in [0.25, 0.3) is 0 Å². The minimum Gasteiger partial charge on any atom is -0.368 e. The lowest BCUT2D eigenvalue weighted by Crippen LogP contribution is -2.54. The number of urea groups is 1. The first-order valence-corrected chi connectivity index (χ1v) is 9.64. The van der Waals surface area contributed by atoms with Crippen molar-refractivity contribution in [2.75, 3.05) is 36.4 Å². The van der Waals surface area contributed by atoms with Crippen LogP contribution in [0.4, 0.5) is 16.2 Å². The van der Waals surface area contributed by atoms with Gasteiger partial charge in [-0.2, -0.15) is 5.10 Å². The highest BCUT2D eigenvalue weighted by molar-refractivity contribution is 6.42. The van der Waals surface area contributed by atoms with Gasteiger partial charge in [-0.25, -0.2) is 4.79 Å². The van der Waals surface area contributed by atoms with Crippen LogP contribution in [0.15, 0.2) is 30.6 Å². The number of aryl methyl sites for hydroxylation is 1. The summed E-state index contributed by atoms with van der Waals surface area (Å²) in [5.41, 5.74) is 1.56. The molecule has 1 aliphatic rings. The van der Waals surface area contributed by atoms with Crippen LogP contribution in [0, 0.1) is 0 Å². The molecule has 28 heavy (non-hydrogen) atoms. The van der Waals surface area contributed by atoms with Gasteiger partial charge in [0, 0.05) is 45.1 Å². The third-order valence-electron chi connectivity index (χ3n) is 4.54. The first kappa shape index (κ1) is 20.3. The minimum absolute atomic E-state index is 0.261. The van der Waals surface area contributed by atoms with Gasteiger partial charge in [-0.15, -0.1) is 0 Å². The van der Waals surface area contributed by atoms with Crippen molar-refractivity contribution < 1.29 is 9.59 Å². The maximum Gasteiger partial charge on any atom is 0.318 e. The summed E-state index contributed by atoms with van der Waals surface area (Å²) in [4.78, 5) is 28.5. The van der Waals surface area contributed by atoms with Crippen LogP contribution in [0.5, 0.6) is 0 Å². The molecule has 0 aliphatic carbocycles. The molecular weight excluding hydrogens is 403 g/mol. The Hall–Kier alpha value is -2.45. The second kappa shape index (κ2) is 8.70. The van der Waals surface area contributed by atoms with Gasteiger partial charge < -0.3 is 20.4 Å². The fraction of sp³-hybridized carbons (Fsp3) is 0.389. The summed E-state index contributed by atoms with van der Waals surface area (Å²) in [6, 6.07) is 4.57. The molecule has 0 unspecified atom stereocenters. The molecule has 2 N–H and O–H groups in total. The monoisotopic (exact) mass is 424 g/mol. The third kappa shape index (κ3) is 4.88. The number of rotatable bonds is 4. The number of aromatic nitrogens is 2. The summed E-state index contributed by atoms with van der Waals surface area (Å²) >= 11 is 12.0. The van der Waals surface area contributed by atoms with Crippen LogP contribution < -0.4 is 15.5 Å². The molecule has 2 heterocycles. The molecule has 1 aromatic heterocycles. The van der Waals surface area contributed by atoms with Gasteiger partial charge in [0.2, 0.25) is 5.91 Å². The topological polar surface area (TPSA) is 82.5 Å². The molecule has 8 nitrogen and oxygen atoms in total. The van der Waals surface area contributed by atoms with E-state index in [1.807, 2.05) is 12.1 Å². The number of nitrogens with zero attached hydrogens (tertiary/aromatic N) is 4. The lowest BCUT2D eigenvalue weighted by atomic mass is 10.2. The van der Waals surface area contributed by atoms with Crippen LogP contribution in [-0.4, -0.2) is 58.8 Å². The number of hydrogen-bond acceptors (Lipinski definition) is 4. The van der Waals surface area contributed by atoms with Crippen molar-refractivity contribution in [3.8, 4) is 0 Å². The number of anilines is 2. The van der Waals surface area contributed by atoms with Gasteiger partial charge in [-0.05, 0) is 25.1 Å². The zero-order valence-electron chi connectivity index (χ0n) is 15.7. The first-order valence-electron chi connectivity index (χ1n) is 8.88. The summed E-state index contributed by atoms with van der Waals surface area (Å²) in [6.07, 6.45) is 3.24. The molecule has 1 aliphatic heterocycles. The van der Waals surface area contributed by atoms with E-state index in [1.54, 1.807) is 42.0 Å². The molecular formula is C18H22Cl2N6O2. The molecule has 1 saturated heterocycles. The number of carbonyl (C=O) groups is 2. The van der Waals surface area contributed by atoms with E-state index in [1.165, 1.54) is 0 Å². The molecule has 1 aromatic carbocycles. The third-order valence-corrected chi connectivity index (χ3v) is 5.28. The summed E-state index contributed by atoms with van der Waals surface area (Å²) < 4.78 is 1.59. The highest BCUT2D eigenvalue weighted by Gasteiger charge is 2.24. The van der Waals surface area contributed by atoms with E-state index in [0.717, 1.165) is 5.69 Å². The SMILES string of the molecule is C[C@H](NC(=O)N1CCN(c2ccc(Cl)c(Cl)c2)CC1)C(=O)Nc1cnn(C)c1. The number of benzene rings is 1. The molecule has 3 rings (SSSR count). The molecule has 0 radical (unpaired) electrons. The number of nitrogens with one attached hydrogen (secondary N) is 2. The van der Waals surface area contributed by atoms with Crippen molar-refractivity contribution in [2.45, 2.75) is 13.0 Å². The van der Waals surface area contributed by atoms with E-state index in [-0.39, 0.29) is 11.9 Å². The van der Waals surface area contributed by atoms with Gasteiger partial charge in [0.15, 0.2) is 0 Å². The number of amides is 3. The molecule has 150 valence electrons. The Kier molecular flexibility index (Phi) is 6.31. The standard InChI is InChI=1S/C18H22Cl2N6O2/c1-12(17(27)23-13-10-21-24(2)11-13)22-18(28)26-7-5-25(6-8-26)14-3-4-15(19)16(20)9-14/h3-4,9-12H,5-8H2,1-2H3,(H,22,28)(H,23,27)/t12-/m0/s1. The molecule has 0 bridgehead atoms. The lowest BCUT2D eigenvalue weighted by Gasteiger charge is -2.36. The number of carbonyl (C=O) groups excluding carboxylic acids is 2. The van der Waals surface area contributed by atoms with Crippen LogP contribution in [-0.2, 0) is 11.8 Å². The van der Waals surface area contributed by atoms with Crippen LogP contribution in [0.3, 0.4) is 0 Å². The van der Waals surface area contributed by atoms with Crippen molar-refractivity contribution in [3.05, 3.63) is 40.6 Å². The van der Waals surface area contributed by atoms with Crippen LogP contribution in [0.1, 0.15) is 6.92 Å². The van der Waals surface area contributed by atoms with E-state index in [9.17, 15) is 9.59 Å². The molecule has 0 saturated carbocycles. The van der Waals surface area contributed by atoms with Gasteiger partial charge in [-0.1, -0.05) is 23.2 Å². The lowest BCUT2D eigenvalue weighted by molar-refractivity contribution is -0.117. The largest absolute Gasteiger partial charge is 0.368 e. The van der Waals surface area contributed by atoms with Gasteiger partial charge in [0.05, 0.1) is 21.9 Å². The van der Waals surface area contributed by atoms with E-state index in [2.05, 4.69) is 20.6 Å². The summed E-state index contributed by atoms with van der Waals surface area (Å²) in [5.74, 6) is -0.296. The number of hydrogen-bond donors (Lipinski definition) is 2. The van der Waals surface area contributed by atoms with Gasteiger partial charge in [0.25, 0.3) is 0 Å². The van der Waals surface area contributed by atoms with Crippen molar-refractivity contribution in [3.63, 3.8) is 0 Å². The summed E-state index contributed by atoms with van der Waals surface area (Å²) in [6.45, 7) is 4.07. The predicted molar refractivity (Wildman–Crippen MR) is 110 cm³/mol. The quantitative estimate of drug-likeness (QED) is 0.789. The van der Waals surface area contributed by atoms with E-state index < -0.39 is 6.04 Å².